The van der Waals surface area contributed by atoms with E-state index in [4.69, 9.17) is 4.98 Å². The zero-order chi connectivity index (χ0) is 25.7. The monoisotopic (exact) mass is 523 g/mol. The Balaban J connectivity index is 1.48. The Bertz CT molecular complexity index is 1710. The Hall–Kier alpha value is -3.90. The number of piperidine rings is 1. The molecular weight excluding hydrogens is 500 g/mol. The number of H-pyrrole nitrogens is 2. The van der Waals surface area contributed by atoms with Gasteiger partial charge in [-0.25, -0.2) is 26.5 Å². The van der Waals surface area contributed by atoms with Gasteiger partial charge in [0.1, 0.15) is 17.2 Å². The molecule has 0 spiro atoms. The molecule has 2 aromatic carbocycles. The summed E-state index contributed by atoms with van der Waals surface area (Å²) in [6.07, 6.45) is 5.81. The van der Waals surface area contributed by atoms with Gasteiger partial charge in [0.05, 0.1) is 29.2 Å². The van der Waals surface area contributed by atoms with Crippen molar-refractivity contribution in [3.05, 3.63) is 60.4 Å². The van der Waals surface area contributed by atoms with Crippen LogP contribution in [0.3, 0.4) is 0 Å². The van der Waals surface area contributed by atoms with Crippen molar-refractivity contribution in [1.29, 1.82) is 0 Å². The summed E-state index contributed by atoms with van der Waals surface area (Å²) in [5.41, 5.74) is 2.68. The largest absolute Gasteiger partial charge is 0.364 e. The molecule has 37 heavy (non-hydrogen) atoms. The van der Waals surface area contributed by atoms with Gasteiger partial charge < -0.3 is 5.32 Å². The fourth-order valence-electron chi connectivity index (χ4n) is 4.89. The molecule has 3 N–H and O–H groups in total. The molecule has 1 saturated heterocycles. The summed E-state index contributed by atoms with van der Waals surface area (Å²) in [4.78, 5) is 4.73. The van der Waals surface area contributed by atoms with Gasteiger partial charge in [-0.15, -0.1) is 0 Å². The number of halogens is 2. The third-order valence-electron chi connectivity index (χ3n) is 6.80. The normalized spacial score (nSPS) is 15.5. The summed E-state index contributed by atoms with van der Waals surface area (Å²) in [7, 11) is -3.24. The molecule has 12 heteroatoms. The Kier molecular flexibility index (Phi) is 5.64. The number of anilines is 1. The Morgan fingerprint density at radius 1 is 1.05 bits per heavy atom. The van der Waals surface area contributed by atoms with Crippen LogP contribution in [0, 0.1) is 11.6 Å². The number of pyridine rings is 1. The van der Waals surface area contributed by atoms with E-state index < -0.39 is 21.7 Å². The zero-order valence-electron chi connectivity index (χ0n) is 19.8. The van der Waals surface area contributed by atoms with Crippen molar-refractivity contribution in [2.45, 2.75) is 18.9 Å². The lowest BCUT2D eigenvalue weighted by molar-refractivity contribution is 0.331. The number of hydrogen-bond acceptors (Lipinski definition) is 6. The third-order valence-corrected chi connectivity index (χ3v) is 8.11. The first-order valence-electron chi connectivity index (χ1n) is 11.8. The molecule has 0 bridgehead atoms. The Morgan fingerprint density at radius 2 is 1.81 bits per heavy atom. The third kappa shape index (κ3) is 4.21. The second-order valence-corrected chi connectivity index (χ2v) is 11.2. The van der Waals surface area contributed by atoms with Gasteiger partial charge in [0.15, 0.2) is 5.82 Å². The number of nitrogens with zero attached hydrogens (tertiary/aromatic N) is 4. The number of fused-ring (bicyclic) bond motifs is 3. The van der Waals surface area contributed by atoms with Crippen LogP contribution in [0.4, 0.5) is 14.6 Å². The number of rotatable bonds is 5. The topological polar surface area (TPSA) is 120 Å². The van der Waals surface area contributed by atoms with E-state index >= 15 is 0 Å². The lowest BCUT2D eigenvalue weighted by atomic mass is 9.98. The van der Waals surface area contributed by atoms with Crippen molar-refractivity contribution in [3.8, 4) is 22.4 Å². The smallest absolute Gasteiger partial charge is 0.211 e. The Labute approximate surface area is 211 Å². The molecule has 3 aromatic heterocycles. The summed E-state index contributed by atoms with van der Waals surface area (Å²) in [5, 5.41) is 18.9. The van der Waals surface area contributed by atoms with E-state index in [1.54, 1.807) is 12.4 Å². The molecule has 0 amide bonds. The maximum absolute atomic E-state index is 15.0. The van der Waals surface area contributed by atoms with E-state index in [1.165, 1.54) is 28.8 Å². The van der Waals surface area contributed by atoms with Crippen molar-refractivity contribution < 1.29 is 17.2 Å². The molecule has 1 aliphatic rings. The molecule has 0 aliphatic carbocycles. The summed E-state index contributed by atoms with van der Waals surface area (Å²) < 4.78 is 55.1. The lowest BCUT2D eigenvalue weighted by Gasteiger charge is -2.30. The van der Waals surface area contributed by atoms with Gasteiger partial charge in [-0.1, -0.05) is 18.2 Å². The van der Waals surface area contributed by atoms with Crippen LogP contribution in [-0.2, 0) is 10.0 Å². The van der Waals surface area contributed by atoms with Crippen molar-refractivity contribution in [2.75, 3.05) is 24.7 Å². The number of aromatic nitrogens is 5. The predicted octanol–water partition coefficient (Wildman–Crippen LogP) is 4.28. The van der Waals surface area contributed by atoms with Crippen LogP contribution in [0.15, 0.2) is 48.8 Å². The van der Waals surface area contributed by atoms with E-state index in [2.05, 4.69) is 25.7 Å². The number of aromatic amines is 2. The number of sulfonamides is 1. The van der Waals surface area contributed by atoms with Crippen molar-refractivity contribution in [2.24, 2.45) is 0 Å². The second-order valence-electron chi connectivity index (χ2n) is 9.18. The van der Waals surface area contributed by atoms with Crippen LogP contribution >= 0.6 is 0 Å². The van der Waals surface area contributed by atoms with Crippen molar-refractivity contribution >= 4 is 37.6 Å². The van der Waals surface area contributed by atoms with Gasteiger partial charge in [0, 0.05) is 41.7 Å². The molecule has 0 unspecified atom stereocenters. The van der Waals surface area contributed by atoms with E-state index in [-0.39, 0.29) is 17.3 Å². The molecular formula is C25H23F2N7O2S. The average molecular weight is 524 g/mol. The van der Waals surface area contributed by atoms with Crippen LogP contribution in [0.25, 0.3) is 44.2 Å². The number of hydrogen-bond donors (Lipinski definition) is 3. The fraction of sp³-hybridized carbons (Fsp3) is 0.240. The van der Waals surface area contributed by atoms with Crippen LogP contribution in [0.5, 0.6) is 0 Å². The Morgan fingerprint density at radius 3 is 2.49 bits per heavy atom. The molecule has 0 saturated carbocycles. The fourth-order valence-corrected chi connectivity index (χ4v) is 5.77. The van der Waals surface area contributed by atoms with Gasteiger partial charge in [-0.2, -0.15) is 10.2 Å². The summed E-state index contributed by atoms with van der Waals surface area (Å²) in [6.45, 7) is 0.801. The first-order chi connectivity index (χ1) is 17.8. The molecule has 190 valence electrons. The van der Waals surface area contributed by atoms with Gasteiger partial charge in [0.2, 0.25) is 10.0 Å². The number of benzene rings is 2. The minimum atomic E-state index is -3.24. The molecule has 0 atom stereocenters. The maximum Gasteiger partial charge on any atom is 0.211 e. The zero-order valence-corrected chi connectivity index (χ0v) is 20.6. The van der Waals surface area contributed by atoms with Gasteiger partial charge >= 0.3 is 0 Å². The molecule has 9 nitrogen and oxygen atoms in total. The quantitative estimate of drug-likeness (QED) is 0.316. The molecule has 1 aliphatic heterocycles. The highest BCUT2D eigenvalue weighted by Gasteiger charge is 2.27. The summed E-state index contributed by atoms with van der Waals surface area (Å²) >= 11 is 0. The first-order valence-corrected chi connectivity index (χ1v) is 13.6. The minimum Gasteiger partial charge on any atom is -0.364 e. The SMILES string of the molecule is CS(=O)(=O)N1CCC(Nc2n[nH]c3c2nc(-c2c(F)cccc2F)c2cc(-c4cn[nH]c4)ccc23)CC1. The maximum atomic E-state index is 15.0. The average Bonchev–Trinajstić information content (AvgIpc) is 3.54. The van der Waals surface area contributed by atoms with Crippen LogP contribution in [0.1, 0.15) is 12.8 Å². The van der Waals surface area contributed by atoms with E-state index in [0.29, 0.717) is 53.6 Å². The van der Waals surface area contributed by atoms with Crippen molar-refractivity contribution in [1.82, 2.24) is 29.7 Å². The highest BCUT2D eigenvalue weighted by molar-refractivity contribution is 7.88. The number of nitrogens with one attached hydrogen (secondary N) is 3. The minimum absolute atomic E-state index is 0.0286. The van der Waals surface area contributed by atoms with E-state index in [9.17, 15) is 17.2 Å². The summed E-state index contributed by atoms with van der Waals surface area (Å²) in [5.74, 6) is -0.979. The van der Waals surface area contributed by atoms with Crippen molar-refractivity contribution in [3.63, 3.8) is 0 Å². The van der Waals surface area contributed by atoms with Crippen LogP contribution < -0.4 is 5.32 Å². The van der Waals surface area contributed by atoms with Gasteiger partial charge in [-0.05, 0) is 36.6 Å². The first kappa shape index (κ1) is 23.5. The highest BCUT2D eigenvalue weighted by atomic mass is 32.2. The van der Waals surface area contributed by atoms with Crippen LogP contribution in [0.2, 0.25) is 0 Å². The predicted molar refractivity (Wildman–Crippen MR) is 137 cm³/mol. The molecule has 4 heterocycles. The highest BCUT2D eigenvalue weighted by Crippen LogP contribution is 2.38. The molecule has 5 aromatic rings. The molecule has 0 radical (unpaired) electrons. The van der Waals surface area contributed by atoms with E-state index in [1.807, 2.05) is 18.2 Å². The van der Waals surface area contributed by atoms with Crippen LogP contribution in [-0.4, -0.2) is 63.5 Å². The molecule has 6 rings (SSSR count). The van der Waals surface area contributed by atoms with Gasteiger partial charge in [0.25, 0.3) is 0 Å². The standard InChI is InChI=1S/C25H23F2N7O2S/c1-37(35,36)34-9-7-16(8-10-34)30-25-24-23(32-33-25)17-6-5-14(15-12-28-29-13-15)11-18(17)22(31-24)21-19(26)3-2-4-20(21)27/h2-6,11-13,16H,7-10H2,1H3,(H,28,29)(H2,30,32,33). The van der Waals surface area contributed by atoms with Gasteiger partial charge in [-0.3, -0.25) is 10.2 Å². The molecule has 1 fully saturated rings. The second kappa shape index (κ2) is 8.89. The summed E-state index contributed by atoms with van der Waals surface area (Å²) in [6, 6.07) is 9.32. The lowest BCUT2D eigenvalue weighted by Crippen LogP contribution is -2.41. The van der Waals surface area contributed by atoms with E-state index in [0.717, 1.165) is 11.1 Å².